The summed E-state index contributed by atoms with van der Waals surface area (Å²) in [4.78, 5) is 22.7. The number of hydrogen-bond donors (Lipinski definition) is 2. The fourth-order valence-electron chi connectivity index (χ4n) is 2.12. The van der Waals surface area contributed by atoms with Gasteiger partial charge in [-0.25, -0.2) is 9.48 Å². The van der Waals surface area contributed by atoms with Gasteiger partial charge in [0.25, 0.3) is 0 Å². The number of amides is 1. The fourth-order valence-corrected chi connectivity index (χ4v) is 2.12. The minimum atomic E-state index is -0.608. The smallest absolute Gasteiger partial charge is 0.363 e. The topological polar surface area (TPSA) is 126 Å². The number of primary amides is 1. The number of anilines is 1. The van der Waals surface area contributed by atoms with Crippen molar-refractivity contribution in [3.05, 3.63) is 5.69 Å². The molecular formula is C11H17N5O3. The van der Waals surface area contributed by atoms with Crippen molar-refractivity contribution < 1.29 is 14.3 Å². The van der Waals surface area contributed by atoms with Gasteiger partial charge in [-0.2, -0.15) is 0 Å². The van der Waals surface area contributed by atoms with Gasteiger partial charge in [0.15, 0.2) is 5.82 Å². The molecule has 19 heavy (non-hydrogen) atoms. The Morgan fingerprint density at radius 3 is 2.63 bits per heavy atom. The number of rotatable bonds is 4. The predicted octanol–water partition coefficient (Wildman–Crippen LogP) is -0.165. The quantitative estimate of drug-likeness (QED) is 0.729. The van der Waals surface area contributed by atoms with Crippen LogP contribution in [-0.4, -0.2) is 33.0 Å². The van der Waals surface area contributed by atoms with Crippen LogP contribution in [0.15, 0.2) is 0 Å². The molecule has 0 aliphatic heterocycles. The summed E-state index contributed by atoms with van der Waals surface area (Å²) in [5.74, 6) is -1.21. The number of nitrogens with two attached hydrogens (primary N) is 2. The van der Waals surface area contributed by atoms with E-state index >= 15 is 0 Å². The van der Waals surface area contributed by atoms with E-state index in [0.717, 1.165) is 30.4 Å². The van der Waals surface area contributed by atoms with Crippen LogP contribution in [0.5, 0.6) is 0 Å². The fraction of sp³-hybridized carbons (Fsp3) is 0.636. The number of ether oxygens (including phenoxy) is 1. The number of hydrogen-bond acceptors (Lipinski definition) is 6. The monoisotopic (exact) mass is 267 g/mol. The SMILES string of the molecule is NC(=O)Cn1nnc(C(=O)OC2CCCCC2)c1N. The molecular weight excluding hydrogens is 250 g/mol. The van der Waals surface area contributed by atoms with E-state index < -0.39 is 11.9 Å². The average Bonchev–Trinajstić information content (AvgIpc) is 2.72. The summed E-state index contributed by atoms with van der Waals surface area (Å²) >= 11 is 0. The Labute approximate surface area is 110 Å². The Hall–Kier alpha value is -2.12. The number of nitrogens with zero attached hydrogens (tertiary/aromatic N) is 3. The van der Waals surface area contributed by atoms with Crippen LogP contribution in [0.1, 0.15) is 42.6 Å². The lowest BCUT2D eigenvalue weighted by Crippen LogP contribution is -2.23. The van der Waals surface area contributed by atoms with E-state index in [2.05, 4.69) is 10.3 Å². The molecule has 104 valence electrons. The molecule has 1 fully saturated rings. The summed E-state index contributed by atoms with van der Waals surface area (Å²) in [6, 6.07) is 0. The molecule has 1 heterocycles. The molecule has 1 amide bonds. The Kier molecular flexibility index (Phi) is 3.98. The third-order valence-electron chi connectivity index (χ3n) is 3.10. The maximum atomic E-state index is 11.9. The molecule has 0 bridgehead atoms. The number of aromatic nitrogens is 3. The molecule has 0 saturated heterocycles. The summed E-state index contributed by atoms with van der Waals surface area (Å²) < 4.78 is 6.41. The normalized spacial score (nSPS) is 16.2. The maximum absolute atomic E-state index is 11.9. The second kappa shape index (κ2) is 5.68. The molecule has 2 rings (SSSR count). The third-order valence-corrected chi connectivity index (χ3v) is 3.10. The van der Waals surface area contributed by atoms with Gasteiger partial charge in [-0.05, 0) is 25.7 Å². The Bertz CT molecular complexity index is 479. The van der Waals surface area contributed by atoms with Crippen molar-refractivity contribution >= 4 is 17.7 Å². The molecule has 1 aromatic rings. The van der Waals surface area contributed by atoms with Crippen molar-refractivity contribution in [2.24, 2.45) is 5.73 Å². The van der Waals surface area contributed by atoms with Gasteiger partial charge >= 0.3 is 5.97 Å². The molecule has 1 aliphatic rings. The van der Waals surface area contributed by atoms with E-state index in [1.165, 1.54) is 6.42 Å². The van der Waals surface area contributed by atoms with Crippen molar-refractivity contribution in [2.75, 3.05) is 5.73 Å². The van der Waals surface area contributed by atoms with Crippen molar-refractivity contribution in [3.8, 4) is 0 Å². The van der Waals surface area contributed by atoms with Crippen LogP contribution in [-0.2, 0) is 16.1 Å². The molecule has 1 aliphatic carbocycles. The number of nitrogen functional groups attached to an aromatic ring is 1. The Morgan fingerprint density at radius 1 is 1.32 bits per heavy atom. The summed E-state index contributed by atoms with van der Waals surface area (Å²) in [5.41, 5.74) is 10.7. The summed E-state index contributed by atoms with van der Waals surface area (Å²) in [6.45, 7) is -0.213. The van der Waals surface area contributed by atoms with Gasteiger partial charge in [-0.3, -0.25) is 4.79 Å². The van der Waals surface area contributed by atoms with Gasteiger partial charge in [-0.15, -0.1) is 5.10 Å². The van der Waals surface area contributed by atoms with E-state index in [1.54, 1.807) is 0 Å². The van der Waals surface area contributed by atoms with Crippen LogP contribution in [0.25, 0.3) is 0 Å². The summed E-state index contributed by atoms with van der Waals surface area (Å²) in [7, 11) is 0. The van der Waals surface area contributed by atoms with E-state index in [9.17, 15) is 9.59 Å². The minimum absolute atomic E-state index is 0.000362. The third kappa shape index (κ3) is 3.21. The lowest BCUT2D eigenvalue weighted by Gasteiger charge is -2.21. The zero-order chi connectivity index (χ0) is 13.8. The predicted molar refractivity (Wildman–Crippen MR) is 65.9 cm³/mol. The molecule has 4 N–H and O–H groups in total. The minimum Gasteiger partial charge on any atom is -0.458 e. The van der Waals surface area contributed by atoms with Crippen molar-refractivity contribution in [1.29, 1.82) is 0 Å². The Balaban J connectivity index is 2.02. The van der Waals surface area contributed by atoms with Crippen LogP contribution in [0, 0.1) is 0 Å². The molecule has 8 heteroatoms. The van der Waals surface area contributed by atoms with Gasteiger partial charge in [-0.1, -0.05) is 11.6 Å². The standard InChI is InChI=1S/C11H17N5O3/c12-8(17)6-16-10(13)9(14-15-16)11(18)19-7-4-2-1-3-5-7/h7H,1-6,13H2,(H2,12,17). The molecule has 0 aromatic carbocycles. The molecule has 0 unspecified atom stereocenters. The van der Waals surface area contributed by atoms with Gasteiger partial charge in [0.2, 0.25) is 11.6 Å². The van der Waals surface area contributed by atoms with E-state index in [0.29, 0.717) is 0 Å². The Morgan fingerprint density at radius 2 is 2.00 bits per heavy atom. The number of carbonyl (C=O) groups excluding carboxylic acids is 2. The maximum Gasteiger partial charge on any atom is 0.363 e. The highest BCUT2D eigenvalue weighted by Crippen LogP contribution is 2.22. The summed E-state index contributed by atoms with van der Waals surface area (Å²) in [6.07, 6.45) is 4.93. The first-order valence-corrected chi connectivity index (χ1v) is 6.26. The van der Waals surface area contributed by atoms with Crippen LogP contribution < -0.4 is 11.5 Å². The van der Waals surface area contributed by atoms with Gasteiger partial charge in [0.1, 0.15) is 12.6 Å². The molecule has 0 spiro atoms. The first-order chi connectivity index (χ1) is 9.08. The van der Waals surface area contributed by atoms with Crippen molar-refractivity contribution in [1.82, 2.24) is 15.0 Å². The lowest BCUT2D eigenvalue weighted by atomic mass is 9.98. The van der Waals surface area contributed by atoms with Gasteiger partial charge in [0, 0.05) is 0 Å². The molecule has 1 saturated carbocycles. The van der Waals surface area contributed by atoms with Crippen LogP contribution in [0.3, 0.4) is 0 Å². The molecule has 8 nitrogen and oxygen atoms in total. The van der Waals surface area contributed by atoms with Crippen LogP contribution in [0.2, 0.25) is 0 Å². The second-order valence-electron chi connectivity index (χ2n) is 4.61. The van der Waals surface area contributed by atoms with Crippen LogP contribution >= 0.6 is 0 Å². The number of esters is 1. The number of carbonyl (C=O) groups is 2. The van der Waals surface area contributed by atoms with Crippen LogP contribution in [0.4, 0.5) is 5.82 Å². The first-order valence-electron chi connectivity index (χ1n) is 6.26. The highest BCUT2D eigenvalue weighted by atomic mass is 16.5. The lowest BCUT2D eigenvalue weighted by molar-refractivity contribution is -0.118. The first kappa shape index (κ1) is 13.3. The molecule has 0 radical (unpaired) electrons. The highest BCUT2D eigenvalue weighted by molar-refractivity contribution is 5.92. The van der Waals surface area contributed by atoms with E-state index in [1.807, 2.05) is 0 Å². The van der Waals surface area contributed by atoms with Crippen molar-refractivity contribution in [2.45, 2.75) is 44.8 Å². The molecule has 0 atom stereocenters. The average molecular weight is 267 g/mol. The molecule has 1 aromatic heterocycles. The van der Waals surface area contributed by atoms with E-state index in [4.69, 9.17) is 16.2 Å². The summed E-state index contributed by atoms with van der Waals surface area (Å²) in [5, 5.41) is 7.25. The zero-order valence-corrected chi connectivity index (χ0v) is 10.5. The highest BCUT2D eigenvalue weighted by Gasteiger charge is 2.24. The van der Waals surface area contributed by atoms with Crippen molar-refractivity contribution in [3.63, 3.8) is 0 Å². The van der Waals surface area contributed by atoms with E-state index in [-0.39, 0.29) is 24.2 Å². The van der Waals surface area contributed by atoms with Gasteiger partial charge in [0.05, 0.1) is 0 Å². The zero-order valence-electron chi connectivity index (χ0n) is 10.5. The van der Waals surface area contributed by atoms with Gasteiger partial charge < -0.3 is 16.2 Å². The second-order valence-corrected chi connectivity index (χ2v) is 4.61. The largest absolute Gasteiger partial charge is 0.458 e.